The molecule has 2 aromatic heterocycles. The van der Waals surface area contributed by atoms with Gasteiger partial charge in [0.15, 0.2) is 11.7 Å². The van der Waals surface area contributed by atoms with Crippen molar-refractivity contribution in [1.82, 2.24) is 24.8 Å². The van der Waals surface area contributed by atoms with Gasteiger partial charge in [-0.05, 0) is 13.3 Å². The monoisotopic (exact) mass is 353 g/mol. The fourth-order valence-corrected chi connectivity index (χ4v) is 3.04. The van der Waals surface area contributed by atoms with E-state index in [1.54, 1.807) is 6.92 Å². The number of hydrogen-bond acceptors (Lipinski definition) is 8. The molecule has 3 N–H and O–H groups in total. The molecule has 138 valence electrons. The van der Waals surface area contributed by atoms with Gasteiger partial charge in [-0.3, -0.25) is 4.79 Å². The number of rotatable bonds is 6. The van der Waals surface area contributed by atoms with Crippen molar-refractivity contribution >= 4 is 11.0 Å². The van der Waals surface area contributed by atoms with E-state index in [2.05, 4.69) is 22.3 Å². The molecule has 1 unspecified atom stereocenters. The SMILES string of the molecule is CCCCCn1nnc2c(C)nn(C3O[C@H](CO)[C@@H](O)[C@H]3O)c2c1=O. The van der Waals surface area contributed by atoms with Crippen LogP contribution in [-0.4, -0.2) is 65.0 Å². The second-order valence-electron chi connectivity index (χ2n) is 6.28. The first kappa shape index (κ1) is 17.9. The van der Waals surface area contributed by atoms with Gasteiger partial charge in [0.05, 0.1) is 12.3 Å². The summed E-state index contributed by atoms with van der Waals surface area (Å²) in [5.41, 5.74) is 0.589. The van der Waals surface area contributed by atoms with Crippen LogP contribution in [0.25, 0.3) is 11.0 Å². The number of hydrogen-bond donors (Lipinski definition) is 3. The normalized spacial score (nSPS) is 26.6. The molecule has 0 spiro atoms. The van der Waals surface area contributed by atoms with Crippen molar-refractivity contribution in [3.05, 3.63) is 16.0 Å². The van der Waals surface area contributed by atoms with Crippen molar-refractivity contribution in [2.75, 3.05) is 6.61 Å². The second kappa shape index (κ2) is 7.16. The molecule has 1 fully saturated rings. The number of aliphatic hydroxyl groups excluding tert-OH is 3. The fraction of sp³-hybridized carbons (Fsp3) is 0.733. The highest BCUT2D eigenvalue weighted by molar-refractivity contribution is 5.75. The molecule has 3 rings (SSSR count). The zero-order valence-electron chi connectivity index (χ0n) is 14.2. The predicted molar refractivity (Wildman–Crippen MR) is 86.9 cm³/mol. The van der Waals surface area contributed by atoms with E-state index in [0.29, 0.717) is 17.8 Å². The van der Waals surface area contributed by atoms with Gasteiger partial charge in [-0.2, -0.15) is 5.10 Å². The van der Waals surface area contributed by atoms with E-state index in [1.165, 1.54) is 9.36 Å². The van der Waals surface area contributed by atoms with E-state index in [9.17, 15) is 20.1 Å². The van der Waals surface area contributed by atoms with Crippen LogP contribution < -0.4 is 5.56 Å². The van der Waals surface area contributed by atoms with Crippen molar-refractivity contribution in [2.45, 2.75) is 64.2 Å². The van der Waals surface area contributed by atoms with Gasteiger partial charge in [-0.1, -0.05) is 25.0 Å². The van der Waals surface area contributed by atoms with Crippen molar-refractivity contribution in [1.29, 1.82) is 0 Å². The summed E-state index contributed by atoms with van der Waals surface area (Å²) in [5.74, 6) is 0. The Kier molecular flexibility index (Phi) is 5.13. The smallest absolute Gasteiger partial charge is 0.296 e. The van der Waals surface area contributed by atoms with Crippen molar-refractivity contribution in [3.63, 3.8) is 0 Å². The van der Waals surface area contributed by atoms with E-state index in [0.717, 1.165) is 19.3 Å². The van der Waals surface area contributed by atoms with Crippen LogP contribution in [0.2, 0.25) is 0 Å². The lowest BCUT2D eigenvalue weighted by molar-refractivity contribution is -0.0566. The van der Waals surface area contributed by atoms with E-state index >= 15 is 0 Å². The molecular formula is C15H23N5O5. The summed E-state index contributed by atoms with van der Waals surface area (Å²) < 4.78 is 8.00. The molecule has 0 bridgehead atoms. The molecule has 10 nitrogen and oxygen atoms in total. The fourth-order valence-electron chi connectivity index (χ4n) is 3.04. The zero-order chi connectivity index (χ0) is 18.1. The molecule has 0 amide bonds. The van der Waals surface area contributed by atoms with Crippen LogP contribution in [0, 0.1) is 6.92 Å². The van der Waals surface area contributed by atoms with E-state index in [1.807, 2.05) is 0 Å². The van der Waals surface area contributed by atoms with Gasteiger partial charge in [-0.15, -0.1) is 5.10 Å². The van der Waals surface area contributed by atoms with Crippen molar-refractivity contribution < 1.29 is 20.1 Å². The minimum Gasteiger partial charge on any atom is -0.394 e. The number of nitrogens with zero attached hydrogens (tertiary/aromatic N) is 5. The van der Waals surface area contributed by atoms with Gasteiger partial charge in [0.2, 0.25) is 0 Å². The Morgan fingerprint density at radius 3 is 2.64 bits per heavy atom. The Morgan fingerprint density at radius 2 is 2.00 bits per heavy atom. The molecule has 25 heavy (non-hydrogen) atoms. The van der Waals surface area contributed by atoms with Crippen LogP contribution in [0.4, 0.5) is 0 Å². The Balaban J connectivity index is 2.04. The van der Waals surface area contributed by atoms with Crippen LogP contribution in [-0.2, 0) is 11.3 Å². The molecule has 0 saturated carbocycles. The number of aromatic nitrogens is 5. The van der Waals surface area contributed by atoms with Crippen molar-refractivity contribution in [3.8, 4) is 0 Å². The largest absolute Gasteiger partial charge is 0.394 e. The Bertz CT molecular complexity index is 803. The second-order valence-corrected chi connectivity index (χ2v) is 6.28. The third-order valence-corrected chi connectivity index (χ3v) is 4.48. The maximum absolute atomic E-state index is 12.8. The third-order valence-electron chi connectivity index (χ3n) is 4.48. The molecule has 4 atom stereocenters. The molecule has 3 heterocycles. The average molecular weight is 353 g/mol. The molecule has 2 aromatic rings. The lowest BCUT2D eigenvalue weighted by Gasteiger charge is -2.16. The Morgan fingerprint density at radius 1 is 1.24 bits per heavy atom. The summed E-state index contributed by atoms with van der Waals surface area (Å²) in [4.78, 5) is 12.8. The van der Waals surface area contributed by atoms with Gasteiger partial charge < -0.3 is 20.1 Å². The first-order chi connectivity index (χ1) is 12.0. The minimum absolute atomic E-state index is 0.166. The van der Waals surface area contributed by atoms with Crippen LogP contribution in [0.3, 0.4) is 0 Å². The maximum Gasteiger partial charge on any atom is 0.296 e. The summed E-state index contributed by atoms with van der Waals surface area (Å²) in [6, 6.07) is 0. The van der Waals surface area contributed by atoms with Gasteiger partial charge in [-0.25, -0.2) is 9.36 Å². The molecule has 1 aliphatic heterocycles. The summed E-state index contributed by atoms with van der Waals surface area (Å²) in [7, 11) is 0. The average Bonchev–Trinajstić information content (AvgIpc) is 3.08. The molecular weight excluding hydrogens is 330 g/mol. The van der Waals surface area contributed by atoms with E-state index < -0.39 is 31.1 Å². The standard InChI is InChI=1S/C15H23N5O5/c1-3-4-5-6-19-14(24)11-10(16-18-19)8(2)17-20(11)15-13(23)12(22)9(7-21)25-15/h9,12-13,15,21-23H,3-7H2,1-2H3/t9-,12-,13-,15?/m1/s1. The first-order valence-electron chi connectivity index (χ1n) is 8.44. The number of fused-ring (bicyclic) bond motifs is 1. The molecule has 10 heteroatoms. The van der Waals surface area contributed by atoms with E-state index in [-0.39, 0.29) is 11.1 Å². The Hall–Kier alpha value is -1.88. The molecule has 1 aliphatic rings. The summed E-state index contributed by atoms with van der Waals surface area (Å²) in [6.45, 7) is 3.73. The molecule has 1 saturated heterocycles. The molecule has 0 aromatic carbocycles. The Labute approximate surface area is 143 Å². The lowest BCUT2D eigenvalue weighted by atomic mass is 10.1. The van der Waals surface area contributed by atoms with E-state index in [4.69, 9.17) is 4.74 Å². The topological polar surface area (TPSA) is 136 Å². The zero-order valence-corrected chi connectivity index (χ0v) is 14.2. The highest BCUT2D eigenvalue weighted by atomic mass is 16.6. The number of aryl methyl sites for hydroxylation is 2. The van der Waals surface area contributed by atoms with Crippen LogP contribution in [0.1, 0.15) is 38.1 Å². The van der Waals surface area contributed by atoms with Crippen LogP contribution in [0.5, 0.6) is 0 Å². The van der Waals surface area contributed by atoms with Gasteiger partial charge >= 0.3 is 0 Å². The summed E-state index contributed by atoms with van der Waals surface area (Å²) in [6.07, 6.45) is -1.82. The van der Waals surface area contributed by atoms with Gasteiger partial charge in [0.1, 0.15) is 23.8 Å². The first-order valence-corrected chi connectivity index (χ1v) is 8.44. The predicted octanol–water partition coefficient (Wildman–Crippen LogP) is -0.902. The summed E-state index contributed by atoms with van der Waals surface area (Å²) >= 11 is 0. The lowest BCUT2D eigenvalue weighted by Crippen LogP contribution is -2.34. The quantitative estimate of drug-likeness (QED) is 0.569. The number of unbranched alkanes of at least 4 members (excludes halogenated alkanes) is 2. The minimum atomic E-state index is -1.32. The highest BCUT2D eigenvalue weighted by Gasteiger charge is 2.44. The van der Waals surface area contributed by atoms with Crippen LogP contribution >= 0.6 is 0 Å². The maximum atomic E-state index is 12.8. The number of ether oxygens (including phenoxy) is 1. The van der Waals surface area contributed by atoms with Crippen LogP contribution in [0.15, 0.2) is 4.79 Å². The molecule has 0 aliphatic carbocycles. The number of aliphatic hydroxyl groups is 3. The summed E-state index contributed by atoms with van der Waals surface area (Å²) in [5, 5.41) is 41.7. The third kappa shape index (κ3) is 3.06. The van der Waals surface area contributed by atoms with Gasteiger partial charge in [0.25, 0.3) is 5.56 Å². The van der Waals surface area contributed by atoms with Crippen molar-refractivity contribution in [2.24, 2.45) is 0 Å². The highest BCUT2D eigenvalue weighted by Crippen LogP contribution is 2.30. The van der Waals surface area contributed by atoms with Gasteiger partial charge in [0, 0.05) is 6.54 Å². The molecule has 0 radical (unpaired) electrons.